The zero-order valence-electron chi connectivity index (χ0n) is 5.72. The molecule has 4 heteroatoms. The van der Waals surface area contributed by atoms with Crippen molar-refractivity contribution < 1.29 is 9.18 Å². The van der Waals surface area contributed by atoms with Crippen LogP contribution in [0.25, 0.3) is 0 Å². The summed E-state index contributed by atoms with van der Waals surface area (Å²) in [6.45, 7) is 1.50. The minimum absolute atomic E-state index is 0.154. The molecule has 3 nitrogen and oxygen atoms in total. The molecule has 1 unspecified atom stereocenters. The van der Waals surface area contributed by atoms with Crippen LogP contribution >= 0.6 is 0 Å². The van der Waals surface area contributed by atoms with Crippen LogP contribution in [0.4, 0.5) is 4.39 Å². The Balaban J connectivity index is 2.31. The Morgan fingerprint density at radius 1 is 1.80 bits per heavy atom. The fourth-order valence-corrected chi connectivity index (χ4v) is 1.05. The first kappa shape index (κ1) is 7.47. The highest BCUT2D eigenvalue weighted by atomic mass is 19.1. The van der Waals surface area contributed by atoms with Crippen LogP contribution in [0.1, 0.15) is 0 Å². The van der Waals surface area contributed by atoms with Crippen LogP contribution < -0.4 is 5.32 Å². The molecule has 1 atom stereocenters. The van der Waals surface area contributed by atoms with Crippen molar-refractivity contribution in [3.8, 4) is 0 Å². The summed E-state index contributed by atoms with van der Waals surface area (Å²) in [7, 11) is 0. The SMILES string of the molecule is O=CN1CCNC(CF)C1. The van der Waals surface area contributed by atoms with Gasteiger partial charge in [0, 0.05) is 19.6 Å². The molecule has 1 aliphatic heterocycles. The Morgan fingerprint density at radius 3 is 3.20 bits per heavy atom. The first-order valence-corrected chi connectivity index (χ1v) is 3.35. The Bertz CT molecular complexity index is 120. The van der Waals surface area contributed by atoms with Gasteiger partial charge in [-0.1, -0.05) is 0 Å². The monoisotopic (exact) mass is 146 g/mol. The second-order valence-electron chi connectivity index (χ2n) is 2.41. The molecule has 0 spiro atoms. The molecule has 1 heterocycles. The van der Waals surface area contributed by atoms with E-state index in [1.54, 1.807) is 4.90 Å². The van der Waals surface area contributed by atoms with E-state index in [4.69, 9.17) is 0 Å². The normalized spacial score (nSPS) is 26.5. The van der Waals surface area contributed by atoms with Crippen LogP contribution in [-0.2, 0) is 4.79 Å². The van der Waals surface area contributed by atoms with E-state index in [1.807, 2.05) is 0 Å². The van der Waals surface area contributed by atoms with Crippen molar-refractivity contribution in [1.29, 1.82) is 0 Å². The molecule has 1 amide bonds. The molecule has 0 saturated carbocycles. The number of rotatable bonds is 2. The topological polar surface area (TPSA) is 32.3 Å². The molecule has 1 saturated heterocycles. The zero-order valence-corrected chi connectivity index (χ0v) is 5.72. The van der Waals surface area contributed by atoms with Crippen molar-refractivity contribution >= 4 is 6.41 Å². The van der Waals surface area contributed by atoms with Crippen molar-refractivity contribution in [3.05, 3.63) is 0 Å². The fourth-order valence-electron chi connectivity index (χ4n) is 1.05. The maximum absolute atomic E-state index is 12.0. The quantitative estimate of drug-likeness (QED) is 0.527. The highest BCUT2D eigenvalue weighted by Gasteiger charge is 2.16. The summed E-state index contributed by atoms with van der Waals surface area (Å²) >= 11 is 0. The predicted octanol–water partition coefficient (Wildman–Crippen LogP) is -0.614. The average molecular weight is 146 g/mol. The second kappa shape index (κ2) is 3.51. The molecule has 1 N–H and O–H groups in total. The third-order valence-corrected chi connectivity index (χ3v) is 1.62. The van der Waals surface area contributed by atoms with Crippen molar-refractivity contribution in [1.82, 2.24) is 10.2 Å². The van der Waals surface area contributed by atoms with Crippen LogP contribution in [0.2, 0.25) is 0 Å². The maximum Gasteiger partial charge on any atom is 0.209 e. The number of hydrogen-bond donors (Lipinski definition) is 1. The van der Waals surface area contributed by atoms with E-state index in [2.05, 4.69) is 5.32 Å². The number of nitrogens with zero attached hydrogens (tertiary/aromatic N) is 1. The first-order valence-electron chi connectivity index (χ1n) is 3.35. The molecular formula is C6H11FN2O. The standard InChI is InChI=1S/C6H11FN2O/c7-3-6-4-9(5-10)2-1-8-6/h5-6,8H,1-4H2. The Kier molecular flexibility index (Phi) is 2.62. The van der Waals surface area contributed by atoms with Gasteiger partial charge < -0.3 is 10.2 Å². The summed E-state index contributed by atoms with van der Waals surface area (Å²) in [6, 6.07) is -0.154. The van der Waals surface area contributed by atoms with Gasteiger partial charge in [-0.2, -0.15) is 0 Å². The van der Waals surface area contributed by atoms with Crippen LogP contribution in [0.3, 0.4) is 0 Å². The maximum atomic E-state index is 12.0. The summed E-state index contributed by atoms with van der Waals surface area (Å²) in [6.07, 6.45) is 0.767. The largest absolute Gasteiger partial charge is 0.342 e. The van der Waals surface area contributed by atoms with E-state index in [9.17, 15) is 9.18 Å². The van der Waals surface area contributed by atoms with Gasteiger partial charge in [0.15, 0.2) is 0 Å². The first-order chi connectivity index (χ1) is 4.86. The van der Waals surface area contributed by atoms with E-state index in [0.29, 0.717) is 19.6 Å². The molecule has 1 aliphatic rings. The number of alkyl halides is 1. The molecule has 10 heavy (non-hydrogen) atoms. The van der Waals surface area contributed by atoms with E-state index in [0.717, 1.165) is 6.41 Å². The second-order valence-corrected chi connectivity index (χ2v) is 2.41. The highest BCUT2D eigenvalue weighted by Crippen LogP contribution is 1.95. The molecule has 0 aromatic rings. The minimum atomic E-state index is -0.398. The van der Waals surface area contributed by atoms with E-state index >= 15 is 0 Å². The molecular weight excluding hydrogens is 135 g/mol. The molecule has 1 rings (SSSR count). The van der Waals surface area contributed by atoms with Crippen LogP contribution in [0.5, 0.6) is 0 Å². The lowest BCUT2D eigenvalue weighted by atomic mass is 10.2. The molecule has 0 aromatic heterocycles. The number of carbonyl (C=O) groups is 1. The smallest absolute Gasteiger partial charge is 0.209 e. The van der Waals surface area contributed by atoms with Crippen molar-refractivity contribution in [2.45, 2.75) is 6.04 Å². The Morgan fingerprint density at radius 2 is 2.60 bits per heavy atom. The van der Waals surface area contributed by atoms with E-state index in [-0.39, 0.29) is 6.04 Å². The summed E-state index contributed by atoms with van der Waals surface area (Å²) in [5.74, 6) is 0. The number of amides is 1. The van der Waals surface area contributed by atoms with Gasteiger partial charge in [-0.25, -0.2) is 4.39 Å². The van der Waals surface area contributed by atoms with Gasteiger partial charge in [-0.05, 0) is 0 Å². The van der Waals surface area contributed by atoms with Gasteiger partial charge in [-0.15, -0.1) is 0 Å². The number of halogens is 1. The van der Waals surface area contributed by atoms with Gasteiger partial charge in [0.1, 0.15) is 6.67 Å². The minimum Gasteiger partial charge on any atom is -0.342 e. The van der Waals surface area contributed by atoms with Gasteiger partial charge >= 0.3 is 0 Å². The van der Waals surface area contributed by atoms with Crippen molar-refractivity contribution in [2.24, 2.45) is 0 Å². The third-order valence-electron chi connectivity index (χ3n) is 1.62. The molecule has 0 radical (unpaired) electrons. The van der Waals surface area contributed by atoms with Crippen molar-refractivity contribution in [2.75, 3.05) is 26.3 Å². The number of hydrogen-bond acceptors (Lipinski definition) is 2. The van der Waals surface area contributed by atoms with Crippen molar-refractivity contribution in [3.63, 3.8) is 0 Å². The Hall–Kier alpha value is -0.640. The van der Waals surface area contributed by atoms with Crippen LogP contribution in [0, 0.1) is 0 Å². The summed E-state index contributed by atoms with van der Waals surface area (Å²) in [5.41, 5.74) is 0. The summed E-state index contributed by atoms with van der Waals surface area (Å²) < 4.78 is 12.0. The lowest BCUT2D eigenvalue weighted by molar-refractivity contribution is -0.119. The lowest BCUT2D eigenvalue weighted by Crippen LogP contribution is -2.50. The number of piperazine rings is 1. The number of carbonyl (C=O) groups excluding carboxylic acids is 1. The summed E-state index contributed by atoms with van der Waals surface area (Å²) in [4.78, 5) is 11.8. The van der Waals surface area contributed by atoms with Gasteiger partial charge in [0.2, 0.25) is 6.41 Å². The molecule has 0 aliphatic carbocycles. The number of nitrogens with one attached hydrogen (secondary N) is 1. The molecule has 1 fully saturated rings. The third kappa shape index (κ3) is 1.67. The molecule has 0 bridgehead atoms. The van der Waals surface area contributed by atoms with Gasteiger partial charge in [0.05, 0.1) is 6.04 Å². The van der Waals surface area contributed by atoms with Crippen LogP contribution in [0.15, 0.2) is 0 Å². The van der Waals surface area contributed by atoms with E-state index < -0.39 is 6.67 Å². The van der Waals surface area contributed by atoms with E-state index in [1.165, 1.54) is 0 Å². The fraction of sp³-hybridized carbons (Fsp3) is 0.833. The summed E-state index contributed by atoms with van der Waals surface area (Å²) in [5, 5.41) is 2.96. The predicted molar refractivity (Wildman–Crippen MR) is 35.4 cm³/mol. The van der Waals surface area contributed by atoms with Gasteiger partial charge in [0.25, 0.3) is 0 Å². The average Bonchev–Trinajstić information content (AvgIpc) is 2.05. The Labute approximate surface area is 59.2 Å². The van der Waals surface area contributed by atoms with Crippen LogP contribution in [-0.4, -0.2) is 43.7 Å². The van der Waals surface area contributed by atoms with Gasteiger partial charge in [-0.3, -0.25) is 4.79 Å². The lowest BCUT2D eigenvalue weighted by Gasteiger charge is -2.29. The molecule has 0 aromatic carbocycles. The zero-order chi connectivity index (χ0) is 7.40. The molecule has 58 valence electrons. The highest BCUT2D eigenvalue weighted by molar-refractivity contribution is 5.47.